The average molecular weight is 720 g/mol. The van der Waals surface area contributed by atoms with Gasteiger partial charge in [0, 0.05) is 69.2 Å². The van der Waals surface area contributed by atoms with Gasteiger partial charge in [0.25, 0.3) is 0 Å². The van der Waals surface area contributed by atoms with Gasteiger partial charge in [-0.05, 0) is 55.7 Å². The summed E-state index contributed by atoms with van der Waals surface area (Å²) in [5, 5.41) is 14.5. The first kappa shape index (κ1) is 37.3. The number of aliphatic hydroxyl groups excluding tert-OH is 1. The Balaban J connectivity index is 1.23. The smallest absolute Gasteiger partial charge is 0.397 e. The zero-order valence-electron chi connectivity index (χ0n) is 30.6. The highest BCUT2D eigenvalue weighted by Gasteiger charge is 2.69. The lowest BCUT2D eigenvalue weighted by molar-refractivity contribution is -0.180. The van der Waals surface area contributed by atoms with E-state index >= 15 is 0 Å². The van der Waals surface area contributed by atoms with Crippen LogP contribution in [-0.4, -0.2) is 97.3 Å². The summed E-state index contributed by atoms with van der Waals surface area (Å²) in [4.78, 5) is 57.4. The number of H-pyrrole nitrogens is 1. The monoisotopic (exact) mass is 719 g/mol. The normalized spacial score (nSPS) is 35.2. The van der Waals surface area contributed by atoms with Crippen LogP contribution in [0.5, 0.6) is 0 Å². The number of methoxy groups -OCH3 is 1. The first-order valence-corrected chi connectivity index (χ1v) is 17.8. The predicted octanol–water partition coefficient (Wildman–Crippen LogP) is 3.33. The summed E-state index contributed by atoms with van der Waals surface area (Å²) in [7, 11) is 5.28. The van der Waals surface area contributed by atoms with Crippen molar-refractivity contribution in [2.75, 3.05) is 26.1 Å². The molecule has 2 aliphatic carbocycles. The Hall–Kier alpha value is -4.46. The molecule has 1 saturated carbocycles. The molecule has 2 aliphatic heterocycles. The van der Waals surface area contributed by atoms with Crippen LogP contribution in [0, 0.1) is 29.6 Å². The van der Waals surface area contributed by atoms with Crippen LogP contribution in [0.3, 0.4) is 0 Å². The number of nitrogens with zero attached hydrogens (tertiary/aromatic N) is 1. The molecule has 2 aromatic rings. The van der Waals surface area contributed by atoms with E-state index in [1.807, 2.05) is 82.3 Å². The van der Waals surface area contributed by atoms with Gasteiger partial charge < -0.3 is 44.0 Å². The summed E-state index contributed by atoms with van der Waals surface area (Å²) < 4.78 is 30.3. The molecule has 1 saturated heterocycles. The molecule has 1 aromatic carbocycles. The first-order valence-electron chi connectivity index (χ1n) is 17.8. The van der Waals surface area contributed by atoms with Crippen LogP contribution in [0.2, 0.25) is 0 Å². The van der Waals surface area contributed by atoms with Crippen LogP contribution in [0.25, 0.3) is 0 Å². The summed E-state index contributed by atoms with van der Waals surface area (Å²) >= 11 is 0. The fourth-order valence-electron chi connectivity index (χ4n) is 8.59. The van der Waals surface area contributed by atoms with Gasteiger partial charge in [0.05, 0.1) is 6.10 Å². The van der Waals surface area contributed by atoms with Crippen LogP contribution in [0.1, 0.15) is 50.2 Å². The number of carbonyl (C=O) groups excluding carboxylic acids is 4. The second-order valence-electron chi connectivity index (χ2n) is 14.7. The second kappa shape index (κ2) is 14.9. The molecule has 0 radical (unpaired) electrons. The molecule has 1 amide bonds. The number of aromatic amines is 1. The van der Waals surface area contributed by atoms with Gasteiger partial charge in [-0.25, -0.2) is 14.4 Å². The van der Waals surface area contributed by atoms with Crippen molar-refractivity contribution >= 4 is 29.5 Å². The second-order valence-corrected chi connectivity index (χ2v) is 14.7. The highest BCUT2D eigenvalue weighted by Crippen LogP contribution is 2.61. The standard InChI is InChI=1S/C39H49N3O10/c1-20-17-21(2)39-25(12-15-27-30(39)31(43)22(3)33(34(27)52-39)51-36(45)28-9-8-16-40-28)18-29(48-7)37(46)50-32(20)23(4)49-38(47)35(44)41-19-24-10-13-26(14-11-24)42(5)6/h8-17,20,22-23,25,27,29-34,40,43H,18-19H2,1-7H3,(H,41,44)/b21-17+/t20-,22-,23-,25-,27?,29+,30?,31-,32+,33-,34-,39+/m1/s1. The van der Waals surface area contributed by atoms with E-state index in [1.54, 1.807) is 25.3 Å². The van der Waals surface area contributed by atoms with Gasteiger partial charge in [0.1, 0.15) is 35.7 Å². The molecule has 13 nitrogen and oxygen atoms in total. The molecule has 4 aliphatic rings. The number of hydrogen-bond donors (Lipinski definition) is 3. The summed E-state index contributed by atoms with van der Waals surface area (Å²) in [5.74, 6) is -5.26. The number of esters is 3. The largest absolute Gasteiger partial charge is 0.456 e. The number of rotatable bonds is 8. The molecule has 3 N–H and O–H groups in total. The Bertz CT molecular complexity index is 1700. The Morgan fingerprint density at radius 3 is 2.52 bits per heavy atom. The zero-order valence-corrected chi connectivity index (χ0v) is 30.6. The Morgan fingerprint density at radius 1 is 1.13 bits per heavy atom. The molecule has 13 heteroatoms. The van der Waals surface area contributed by atoms with Crippen molar-refractivity contribution in [3.63, 3.8) is 0 Å². The van der Waals surface area contributed by atoms with E-state index in [9.17, 15) is 24.3 Å². The van der Waals surface area contributed by atoms with Gasteiger partial charge in [0.15, 0.2) is 6.10 Å². The summed E-state index contributed by atoms with van der Waals surface area (Å²) in [6, 6.07) is 10.9. The van der Waals surface area contributed by atoms with E-state index in [4.69, 9.17) is 23.7 Å². The number of amides is 1. The van der Waals surface area contributed by atoms with Crippen molar-refractivity contribution < 1.29 is 48.0 Å². The van der Waals surface area contributed by atoms with E-state index in [1.165, 1.54) is 7.11 Å². The molecule has 2 fully saturated rings. The maximum Gasteiger partial charge on any atom is 0.397 e. The number of aliphatic hydroxyl groups is 1. The minimum absolute atomic E-state index is 0.125. The third kappa shape index (κ3) is 6.77. The minimum atomic E-state index is -1.11. The molecule has 52 heavy (non-hydrogen) atoms. The minimum Gasteiger partial charge on any atom is -0.456 e. The third-order valence-electron chi connectivity index (χ3n) is 11.3. The lowest BCUT2D eigenvalue weighted by Gasteiger charge is -2.48. The van der Waals surface area contributed by atoms with Crippen LogP contribution in [-0.2, 0) is 44.6 Å². The predicted molar refractivity (Wildman–Crippen MR) is 189 cm³/mol. The molecule has 6 rings (SSSR count). The van der Waals surface area contributed by atoms with Gasteiger partial charge in [-0.2, -0.15) is 0 Å². The highest BCUT2D eigenvalue weighted by molar-refractivity contribution is 6.32. The number of ether oxygens (including phenoxy) is 5. The Morgan fingerprint density at radius 2 is 1.87 bits per heavy atom. The topological polar surface area (TPSA) is 166 Å². The molecule has 4 bridgehead atoms. The third-order valence-corrected chi connectivity index (χ3v) is 11.3. The summed E-state index contributed by atoms with van der Waals surface area (Å²) in [5.41, 5.74) is 1.84. The average Bonchev–Trinajstić information content (AvgIpc) is 3.73. The van der Waals surface area contributed by atoms with Gasteiger partial charge in [-0.1, -0.05) is 44.2 Å². The maximum absolute atomic E-state index is 13.7. The van der Waals surface area contributed by atoms with E-state index in [-0.39, 0.29) is 18.9 Å². The molecule has 3 heterocycles. The number of hydrogen-bond acceptors (Lipinski definition) is 11. The lowest BCUT2D eigenvalue weighted by atomic mass is 9.57. The molecule has 2 unspecified atom stereocenters. The first-order chi connectivity index (χ1) is 24.8. The van der Waals surface area contributed by atoms with Crippen molar-refractivity contribution in [2.24, 2.45) is 29.6 Å². The molecule has 1 spiro atoms. The van der Waals surface area contributed by atoms with Crippen LogP contribution in [0.15, 0.2) is 66.4 Å². The van der Waals surface area contributed by atoms with Gasteiger partial charge in [-0.3, -0.25) is 4.79 Å². The lowest BCUT2D eigenvalue weighted by Crippen LogP contribution is -2.57. The fraction of sp³-hybridized carbons (Fsp3) is 0.538. The molecular formula is C39H49N3O10. The van der Waals surface area contributed by atoms with E-state index in [0.717, 1.165) is 16.8 Å². The van der Waals surface area contributed by atoms with Gasteiger partial charge in [0.2, 0.25) is 0 Å². The van der Waals surface area contributed by atoms with E-state index in [2.05, 4.69) is 10.3 Å². The number of nitrogens with one attached hydrogen (secondary N) is 2. The highest BCUT2D eigenvalue weighted by atomic mass is 16.6. The number of benzene rings is 1. The van der Waals surface area contributed by atoms with E-state index < -0.39 is 89.7 Å². The zero-order chi connectivity index (χ0) is 37.5. The van der Waals surface area contributed by atoms with Crippen molar-refractivity contribution in [2.45, 2.75) is 82.9 Å². The SMILES string of the molecule is CO[C@H]1C[C@H]2C=CC3C4[C@H](O)[C@@H](C)[C@@H](OC(=O)c5ccc[nH]5)[C@@H]3O[C@]42/C(C)=C/[C@@H](C)[C@@H]([C@@H](C)OC(=O)C(=O)NCc2ccc(N(C)C)cc2)OC1=O. The Kier molecular flexibility index (Phi) is 10.7. The van der Waals surface area contributed by atoms with Gasteiger partial charge >= 0.3 is 23.8 Å². The van der Waals surface area contributed by atoms with Crippen molar-refractivity contribution in [1.82, 2.24) is 10.3 Å². The number of aromatic nitrogens is 1. The van der Waals surface area contributed by atoms with Crippen LogP contribution in [0.4, 0.5) is 5.69 Å². The number of cyclic esters (lactones) is 1. The molecular weight excluding hydrogens is 670 g/mol. The van der Waals surface area contributed by atoms with Crippen molar-refractivity contribution in [1.29, 1.82) is 0 Å². The van der Waals surface area contributed by atoms with Crippen LogP contribution < -0.4 is 10.2 Å². The van der Waals surface area contributed by atoms with Gasteiger partial charge in [-0.15, -0.1) is 0 Å². The molecule has 12 atom stereocenters. The Labute approximate surface area is 303 Å². The van der Waals surface area contributed by atoms with Crippen molar-refractivity contribution in [3.8, 4) is 0 Å². The number of anilines is 1. The quantitative estimate of drug-likeness (QED) is 0.159. The maximum atomic E-state index is 13.7. The fourth-order valence-corrected chi connectivity index (χ4v) is 8.59. The molecule has 1 aromatic heterocycles. The van der Waals surface area contributed by atoms with E-state index in [0.29, 0.717) is 5.69 Å². The summed E-state index contributed by atoms with van der Waals surface area (Å²) in [6.45, 7) is 7.31. The summed E-state index contributed by atoms with van der Waals surface area (Å²) in [6.07, 6.45) is 2.52. The number of carbonyl (C=O) groups is 4. The molecule has 280 valence electrons. The van der Waals surface area contributed by atoms with Crippen molar-refractivity contribution in [3.05, 3.63) is 77.7 Å². The van der Waals surface area contributed by atoms with Crippen LogP contribution >= 0.6 is 0 Å².